The molecule has 1 aliphatic rings. The van der Waals surface area contributed by atoms with Crippen LogP contribution < -0.4 is 10.1 Å². The van der Waals surface area contributed by atoms with E-state index < -0.39 is 27.9 Å². The molecule has 1 saturated carbocycles. The average Bonchev–Trinajstić information content (AvgIpc) is 3.19. The first-order valence-corrected chi connectivity index (χ1v) is 6.40. The predicted molar refractivity (Wildman–Crippen MR) is 70.7 cm³/mol. The molecule has 1 unspecified atom stereocenters. The summed E-state index contributed by atoms with van der Waals surface area (Å²) in [6, 6.07) is 2.91. The van der Waals surface area contributed by atoms with E-state index in [1.165, 1.54) is 6.92 Å². The molecule has 0 spiro atoms. The van der Waals surface area contributed by atoms with Gasteiger partial charge in [0.1, 0.15) is 18.0 Å². The summed E-state index contributed by atoms with van der Waals surface area (Å²) < 4.78 is 18.4. The number of benzene rings is 1. The Kier molecular flexibility index (Phi) is 4.08. The highest BCUT2D eigenvalue weighted by atomic mass is 19.1. The minimum atomic E-state index is -1.39. The second-order valence-electron chi connectivity index (χ2n) is 5.21. The number of aliphatic carboxylic acids is 1. The molecule has 7 nitrogen and oxygen atoms in total. The Bertz CT molecular complexity index is 576. The fraction of sp³-hybridized carbons (Fsp3) is 0.462. The van der Waals surface area contributed by atoms with Crippen molar-refractivity contribution in [2.24, 2.45) is 0 Å². The van der Waals surface area contributed by atoms with Gasteiger partial charge in [-0.15, -0.1) is 0 Å². The van der Waals surface area contributed by atoms with Crippen LogP contribution in [0.2, 0.25) is 0 Å². The fourth-order valence-electron chi connectivity index (χ4n) is 1.82. The summed E-state index contributed by atoms with van der Waals surface area (Å²) in [6.07, 6.45) is 1.76. The van der Waals surface area contributed by atoms with Gasteiger partial charge in [0.25, 0.3) is 0 Å². The summed E-state index contributed by atoms with van der Waals surface area (Å²) in [4.78, 5) is 21.5. The lowest BCUT2D eigenvalue weighted by Crippen LogP contribution is -2.54. The van der Waals surface area contributed by atoms with Gasteiger partial charge in [-0.1, -0.05) is 0 Å². The van der Waals surface area contributed by atoms with Gasteiger partial charge in [-0.2, -0.15) is 0 Å². The number of halogens is 1. The van der Waals surface area contributed by atoms with Gasteiger partial charge >= 0.3 is 11.7 Å². The van der Waals surface area contributed by atoms with Crippen LogP contribution in [0.4, 0.5) is 10.1 Å². The Balaban J connectivity index is 2.15. The molecule has 0 radical (unpaired) electrons. The Morgan fingerprint density at radius 1 is 1.62 bits per heavy atom. The number of nitro benzene ring substituents is 1. The van der Waals surface area contributed by atoms with Crippen LogP contribution in [0.5, 0.6) is 5.75 Å². The normalized spacial score (nSPS) is 17.0. The topological polar surface area (TPSA) is 102 Å². The number of ether oxygens (including phenoxy) is 1. The molecule has 1 atom stereocenters. The van der Waals surface area contributed by atoms with Crippen molar-refractivity contribution in [1.82, 2.24) is 5.32 Å². The molecule has 0 amide bonds. The van der Waals surface area contributed by atoms with Crippen LogP contribution in [0, 0.1) is 15.9 Å². The molecule has 1 aromatic rings. The molecule has 0 saturated heterocycles. The summed E-state index contributed by atoms with van der Waals surface area (Å²) in [7, 11) is 0. The fourth-order valence-corrected chi connectivity index (χ4v) is 1.82. The van der Waals surface area contributed by atoms with Crippen molar-refractivity contribution >= 4 is 11.7 Å². The second kappa shape index (κ2) is 5.65. The molecule has 114 valence electrons. The number of nitrogens with zero attached hydrogens (tertiary/aromatic N) is 1. The molecule has 0 aliphatic heterocycles. The molecule has 1 fully saturated rings. The lowest BCUT2D eigenvalue weighted by Gasteiger charge is -2.26. The summed E-state index contributed by atoms with van der Waals surface area (Å²) in [5.74, 6) is -2.11. The number of carboxylic acids is 1. The van der Waals surface area contributed by atoms with Crippen LogP contribution in [-0.2, 0) is 4.79 Å². The van der Waals surface area contributed by atoms with Crippen LogP contribution in [0.25, 0.3) is 0 Å². The summed E-state index contributed by atoms with van der Waals surface area (Å²) in [6.45, 7) is 1.09. The number of hydrogen-bond acceptors (Lipinski definition) is 5. The SMILES string of the molecule is CC(COc1cc(F)ccc1[N+](=O)[O-])(NC1CC1)C(=O)O. The molecular weight excluding hydrogens is 283 g/mol. The predicted octanol–water partition coefficient (Wildman–Crippen LogP) is 1.71. The van der Waals surface area contributed by atoms with Crippen molar-refractivity contribution in [1.29, 1.82) is 0 Å². The molecule has 0 aromatic heterocycles. The highest BCUT2D eigenvalue weighted by Gasteiger charge is 2.39. The Morgan fingerprint density at radius 2 is 2.29 bits per heavy atom. The standard InChI is InChI=1S/C13H15FN2O5/c1-13(12(17)18,15-9-3-4-9)7-21-11-6-8(14)2-5-10(11)16(19)20/h2,5-6,9,15H,3-4,7H2,1H3,(H,17,18). The van der Waals surface area contributed by atoms with Crippen LogP contribution >= 0.6 is 0 Å². The summed E-state index contributed by atoms with van der Waals surface area (Å²) >= 11 is 0. The van der Waals surface area contributed by atoms with E-state index in [1.54, 1.807) is 0 Å². The van der Waals surface area contributed by atoms with E-state index in [1.807, 2.05) is 0 Å². The van der Waals surface area contributed by atoms with Crippen molar-refractivity contribution in [2.45, 2.75) is 31.3 Å². The van der Waals surface area contributed by atoms with Crippen molar-refractivity contribution in [3.63, 3.8) is 0 Å². The third-order valence-corrected chi connectivity index (χ3v) is 3.21. The molecule has 1 aromatic carbocycles. The Morgan fingerprint density at radius 3 is 2.81 bits per heavy atom. The van der Waals surface area contributed by atoms with Crippen LogP contribution in [0.1, 0.15) is 19.8 Å². The van der Waals surface area contributed by atoms with Gasteiger partial charge in [0.15, 0.2) is 5.75 Å². The van der Waals surface area contributed by atoms with E-state index in [9.17, 15) is 24.4 Å². The Hall–Kier alpha value is -2.22. The van der Waals surface area contributed by atoms with E-state index in [0.717, 1.165) is 31.0 Å². The maximum absolute atomic E-state index is 13.2. The van der Waals surface area contributed by atoms with E-state index >= 15 is 0 Å². The monoisotopic (exact) mass is 298 g/mol. The molecule has 0 bridgehead atoms. The minimum Gasteiger partial charge on any atom is -0.484 e. The van der Waals surface area contributed by atoms with Crippen LogP contribution in [0.15, 0.2) is 18.2 Å². The van der Waals surface area contributed by atoms with Gasteiger partial charge < -0.3 is 9.84 Å². The second-order valence-corrected chi connectivity index (χ2v) is 5.21. The van der Waals surface area contributed by atoms with Crippen molar-refractivity contribution in [3.05, 3.63) is 34.1 Å². The Labute approximate surface area is 119 Å². The van der Waals surface area contributed by atoms with Gasteiger partial charge in [-0.25, -0.2) is 4.39 Å². The largest absolute Gasteiger partial charge is 0.484 e. The van der Waals surface area contributed by atoms with Crippen molar-refractivity contribution in [2.75, 3.05) is 6.61 Å². The zero-order chi connectivity index (χ0) is 15.6. The molecule has 1 aliphatic carbocycles. The highest BCUT2D eigenvalue weighted by molar-refractivity contribution is 5.78. The van der Waals surface area contributed by atoms with Gasteiger partial charge in [-0.05, 0) is 25.8 Å². The third kappa shape index (κ3) is 3.66. The molecule has 2 N–H and O–H groups in total. The molecule has 2 rings (SSSR count). The lowest BCUT2D eigenvalue weighted by atomic mass is 10.0. The quantitative estimate of drug-likeness (QED) is 0.587. The van der Waals surface area contributed by atoms with E-state index in [2.05, 4.69) is 5.32 Å². The van der Waals surface area contributed by atoms with E-state index in [-0.39, 0.29) is 18.4 Å². The highest BCUT2D eigenvalue weighted by Crippen LogP contribution is 2.29. The van der Waals surface area contributed by atoms with Crippen molar-refractivity contribution in [3.8, 4) is 5.75 Å². The number of hydrogen-bond donors (Lipinski definition) is 2. The zero-order valence-electron chi connectivity index (χ0n) is 11.3. The van der Waals surface area contributed by atoms with Gasteiger partial charge in [0, 0.05) is 18.2 Å². The number of nitrogens with one attached hydrogen (secondary N) is 1. The summed E-state index contributed by atoms with van der Waals surface area (Å²) in [5.41, 5.74) is -1.79. The van der Waals surface area contributed by atoms with E-state index in [4.69, 9.17) is 4.74 Å². The first-order chi connectivity index (χ1) is 9.82. The molecule has 0 heterocycles. The van der Waals surface area contributed by atoms with Gasteiger partial charge in [0.2, 0.25) is 0 Å². The van der Waals surface area contributed by atoms with E-state index in [0.29, 0.717) is 0 Å². The third-order valence-electron chi connectivity index (χ3n) is 3.21. The maximum atomic E-state index is 13.2. The zero-order valence-corrected chi connectivity index (χ0v) is 11.3. The smallest absolute Gasteiger partial charge is 0.327 e. The molecule has 21 heavy (non-hydrogen) atoms. The van der Waals surface area contributed by atoms with Gasteiger partial charge in [0.05, 0.1) is 4.92 Å². The minimum absolute atomic E-state index is 0.109. The number of nitro groups is 1. The van der Waals surface area contributed by atoms with Crippen molar-refractivity contribution < 1.29 is 24.0 Å². The number of carbonyl (C=O) groups is 1. The lowest BCUT2D eigenvalue weighted by molar-refractivity contribution is -0.386. The van der Waals surface area contributed by atoms with Crippen LogP contribution in [-0.4, -0.2) is 34.2 Å². The average molecular weight is 298 g/mol. The maximum Gasteiger partial charge on any atom is 0.327 e. The molecular formula is C13H15FN2O5. The first-order valence-electron chi connectivity index (χ1n) is 6.40. The first kappa shape index (κ1) is 15.2. The molecule has 8 heteroatoms. The van der Waals surface area contributed by atoms with Gasteiger partial charge in [-0.3, -0.25) is 20.2 Å². The number of rotatable bonds is 7. The summed E-state index contributed by atoms with van der Waals surface area (Å²) in [5, 5.41) is 23.0. The number of carboxylic acid groups (broad SMARTS) is 1. The van der Waals surface area contributed by atoms with Crippen LogP contribution in [0.3, 0.4) is 0 Å².